The Morgan fingerprint density at radius 2 is 2.00 bits per heavy atom. The van der Waals surface area contributed by atoms with Gasteiger partial charge in [0.2, 0.25) is 0 Å². The minimum absolute atomic E-state index is 0.177. The summed E-state index contributed by atoms with van der Waals surface area (Å²) in [5.41, 5.74) is 0. The fourth-order valence-corrected chi connectivity index (χ4v) is 2.70. The second-order valence-corrected chi connectivity index (χ2v) is 5.33. The van der Waals surface area contributed by atoms with Gasteiger partial charge in [-0.3, -0.25) is 0 Å². The molecular weight excluding hydrogens is 207 g/mol. The van der Waals surface area contributed by atoms with Gasteiger partial charge in [-0.25, -0.2) is 9.11 Å². The van der Waals surface area contributed by atoms with E-state index in [1.807, 2.05) is 0 Å². The molecule has 0 spiro atoms. The molecular formula is C8H17FN2O2S. The van der Waals surface area contributed by atoms with Crippen molar-refractivity contribution >= 4 is 10.2 Å². The molecule has 1 saturated heterocycles. The van der Waals surface area contributed by atoms with Crippen molar-refractivity contribution in [2.24, 2.45) is 0 Å². The second-order valence-electron chi connectivity index (χ2n) is 3.57. The maximum atomic E-state index is 12.4. The number of halogens is 1. The van der Waals surface area contributed by atoms with E-state index in [2.05, 4.69) is 4.72 Å². The smallest absolute Gasteiger partial charge is 0.248 e. The van der Waals surface area contributed by atoms with E-state index in [1.165, 1.54) is 11.2 Å². The van der Waals surface area contributed by atoms with Crippen LogP contribution < -0.4 is 4.72 Å². The Labute approximate surface area is 84.7 Å². The van der Waals surface area contributed by atoms with Crippen LogP contribution in [0.15, 0.2) is 0 Å². The number of rotatable bonds is 5. The summed E-state index contributed by atoms with van der Waals surface area (Å²) in [6.45, 7) is 2.77. The molecule has 0 aromatic rings. The van der Waals surface area contributed by atoms with Gasteiger partial charge in [0.1, 0.15) is 0 Å². The summed E-state index contributed by atoms with van der Waals surface area (Å²) in [6, 6.07) is 0. The van der Waals surface area contributed by atoms with Crippen molar-refractivity contribution in [3.05, 3.63) is 0 Å². The van der Waals surface area contributed by atoms with Crippen molar-refractivity contribution in [2.45, 2.75) is 32.4 Å². The van der Waals surface area contributed by atoms with Crippen LogP contribution in [0.1, 0.15) is 26.2 Å². The first-order valence-corrected chi connectivity index (χ1v) is 6.35. The van der Waals surface area contributed by atoms with Crippen LogP contribution in [0.2, 0.25) is 0 Å². The Morgan fingerprint density at radius 1 is 1.43 bits per heavy atom. The predicted molar refractivity (Wildman–Crippen MR) is 52.9 cm³/mol. The van der Waals surface area contributed by atoms with Gasteiger partial charge >= 0.3 is 0 Å². The Morgan fingerprint density at radius 3 is 2.50 bits per heavy atom. The fourth-order valence-electron chi connectivity index (χ4n) is 1.41. The first-order valence-electron chi connectivity index (χ1n) is 4.91. The molecule has 1 atom stereocenters. The molecule has 1 rings (SSSR count). The van der Waals surface area contributed by atoms with Crippen LogP contribution in [0.5, 0.6) is 0 Å². The molecule has 0 radical (unpaired) electrons. The lowest BCUT2D eigenvalue weighted by Gasteiger charge is -2.15. The van der Waals surface area contributed by atoms with Crippen LogP contribution >= 0.6 is 0 Å². The summed E-state index contributed by atoms with van der Waals surface area (Å²) in [5, 5.41) is 0. The van der Waals surface area contributed by atoms with E-state index < -0.39 is 16.4 Å². The molecule has 1 aliphatic rings. The SMILES string of the molecule is CC(F)CCNS(=O)(=O)N1CCCC1. The lowest BCUT2D eigenvalue weighted by atomic mass is 10.3. The summed E-state index contributed by atoms with van der Waals surface area (Å²) >= 11 is 0. The van der Waals surface area contributed by atoms with Crippen molar-refractivity contribution in [3.63, 3.8) is 0 Å². The van der Waals surface area contributed by atoms with E-state index in [0.717, 1.165) is 12.8 Å². The molecule has 0 aliphatic carbocycles. The largest absolute Gasteiger partial charge is 0.279 e. The standard InChI is InChI=1S/C8H17FN2O2S/c1-8(9)4-5-10-14(12,13)11-6-2-3-7-11/h8,10H,2-7H2,1H3. The molecule has 1 aliphatic heterocycles. The topological polar surface area (TPSA) is 49.4 Å². The predicted octanol–water partition coefficient (Wildman–Crippen LogP) is 0.665. The minimum atomic E-state index is -3.34. The van der Waals surface area contributed by atoms with Crippen molar-refractivity contribution in [1.29, 1.82) is 0 Å². The summed E-state index contributed by atoms with van der Waals surface area (Å²) in [6.07, 6.45) is 1.10. The van der Waals surface area contributed by atoms with Crippen LogP contribution in [0.4, 0.5) is 4.39 Å². The maximum absolute atomic E-state index is 12.4. The molecule has 0 saturated carbocycles. The van der Waals surface area contributed by atoms with E-state index in [1.54, 1.807) is 0 Å². The molecule has 6 heteroatoms. The Hall–Kier alpha value is -0.200. The summed E-state index contributed by atoms with van der Waals surface area (Å²) in [5.74, 6) is 0. The molecule has 0 bridgehead atoms. The van der Waals surface area contributed by atoms with E-state index in [-0.39, 0.29) is 13.0 Å². The molecule has 0 aromatic heterocycles. The zero-order valence-electron chi connectivity index (χ0n) is 8.37. The molecule has 1 fully saturated rings. The fraction of sp³-hybridized carbons (Fsp3) is 1.00. The van der Waals surface area contributed by atoms with Crippen molar-refractivity contribution in [3.8, 4) is 0 Å². The van der Waals surface area contributed by atoms with Gasteiger partial charge in [0.05, 0.1) is 6.17 Å². The minimum Gasteiger partial charge on any atom is -0.248 e. The van der Waals surface area contributed by atoms with Crippen LogP contribution in [0.3, 0.4) is 0 Å². The highest BCUT2D eigenvalue weighted by Gasteiger charge is 2.24. The average Bonchev–Trinajstić information content (AvgIpc) is 2.54. The summed E-state index contributed by atoms with van der Waals surface area (Å²) in [7, 11) is -3.34. The molecule has 4 nitrogen and oxygen atoms in total. The van der Waals surface area contributed by atoms with Crippen LogP contribution in [0.25, 0.3) is 0 Å². The molecule has 0 aromatic carbocycles. The quantitative estimate of drug-likeness (QED) is 0.746. The first kappa shape index (κ1) is 11.9. The molecule has 1 unspecified atom stereocenters. The second kappa shape index (κ2) is 5.04. The van der Waals surface area contributed by atoms with Gasteiger partial charge < -0.3 is 0 Å². The summed E-state index contributed by atoms with van der Waals surface area (Å²) < 4.78 is 39.2. The van der Waals surface area contributed by atoms with Gasteiger partial charge in [-0.05, 0) is 26.2 Å². The van der Waals surface area contributed by atoms with E-state index >= 15 is 0 Å². The normalized spacial score (nSPS) is 21.3. The van der Waals surface area contributed by atoms with Gasteiger partial charge in [-0.1, -0.05) is 0 Å². The number of nitrogens with one attached hydrogen (secondary N) is 1. The van der Waals surface area contributed by atoms with Gasteiger partial charge in [0, 0.05) is 19.6 Å². The van der Waals surface area contributed by atoms with Crippen LogP contribution in [-0.4, -0.2) is 38.5 Å². The lowest BCUT2D eigenvalue weighted by Crippen LogP contribution is -2.39. The van der Waals surface area contributed by atoms with E-state index in [4.69, 9.17) is 0 Å². The first-order chi connectivity index (χ1) is 6.52. The van der Waals surface area contributed by atoms with Crippen LogP contribution in [0, 0.1) is 0 Å². The highest BCUT2D eigenvalue weighted by molar-refractivity contribution is 7.87. The Bertz CT molecular complexity index is 261. The third-order valence-electron chi connectivity index (χ3n) is 2.23. The van der Waals surface area contributed by atoms with Gasteiger partial charge in [-0.2, -0.15) is 12.7 Å². The monoisotopic (exact) mass is 224 g/mol. The third-order valence-corrected chi connectivity index (χ3v) is 3.85. The Balaban J connectivity index is 2.34. The molecule has 14 heavy (non-hydrogen) atoms. The lowest BCUT2D eigenvalue weighted by molar-refractivity contribution is 0.340. The highest BCUT2D eigenvalue weighted by Crippen LogP contribution is 2.11. The molecule has 84 valence electrons. The van der Waals surface area contributed by atoms with E-state index in [9.17, 15) is 12.8 Å². The molecule has 0 amide bonds. The summed E-state index contributed by atoms with van der Waals surface area (Å²) in [4.78, 5) is 0. The number of hydrogen-bond donors (Lipinski definition) is 1. The van der Waals surface area contributed by atoms with E-state index in [0.29, 0.717) is 13.1 Å². The van der Waals surface area contributed by atoms with Gasteiger partial charge in [0.15, 0.2) is 0 Å². The van der Waals surface area contributed by atoms with Crippen LogP contribution in [-0.2, 0) is 10.2 Å². The Kier molecular flexibility index (Phi) is 4.28. The van der Waals surface area contributed by atoms with Gasteiger partial charge in [0.25, 0.3) is 10.2 Å². The number of alkyl halides is 1. The van der Waals surface area contributed by atoms with Crippen molar-refractivity contribution in [2.75, 3.05) is 19.6 Å². The van der Waals surface area contributed by atoms with Crippen molar-refractivity contribution < 1.29 is 12.8 Å². The zero-order valence-corrected chi connectivity index (χ0v) is 9.19. The average molecular weight is 224 g/mol. The number of nitrogens with zero attached hydrogens (tertiary/aromatic N) is 1. The van der Waals surface area contributed by atoms with Crippen molar-refractivity contribution in [1.82, 2.24) is 9.03 Å². The zero-order chi connectivity index (χ0) is 10.6. The number of hydrogen-bond acceptors (Lipinski definition) is 2. The van der Waals surface area contributed by atoms with Gasteiger partial charge in [-0.15, -0.1) is 0 Å². The highest BCUT2D eigenvalue weighted by atomic mass is 32.2. The molecule has 1 N–H and O–H groups in total. The third kappa shape index (κ3) is 3.51. The molecule has 1 heterocycles. The maximum Gasteiger partial charge on any atom is 0.279 e.